The Morgan fingerprint density at radius 3 is 2.00 bits per heavy atom. The van der Waals surface area contributed by atoms with Gasteiger partial charge in [-0.15, -0.1) is 0 Å². The van der Waals surface area contributed by atoms with Crippen LogP contribution >= 0.6 is 0 Å². The predicted octanol–water partition coefficient (Wildman–Crippen LogP) is 11.7. The van der Waals surface area contributed by atoms with Gasteiger partial charge in [-0.2, -0.15) is 0 Å². The number of fused-ring (bicyclic) bond motifs is 6. The summed E-state index contributed by atoms with van der Waals surface area (Å²) in [7, 11) is 0. The summed E-state index contributed by atoms with van der Waals surface area (Å²) in [6, 6.07) is 33.3. The Morgan fingerprint density at radius 2 is 1.26 bits per heavy atom. The van der Waals surface area contributed by atoms with E-state index in [0.717, 1.165) is 33.4 Å². The highest BCUT2D eigenvalue weighted by Gasteiger charge is 2.21. The van der Waals surface area contributed by atoms with Gasteiger partial charge in [-0.3, -0.25) is 4.40 Å². The third-order valence-corrected chi connectivity index (χ3v) is 8.75. The highest BCUT2D eigenvalue weighted by molar-refractivity contribution is 6.12. The van der Waals surface area contributed by atoms with Crippen molar-refractivity contribution in [2.45, 2.75) is 59.3 Å². The van der Waals surface area contributed by atoms with E-state index >= 15 is 0 Å². The molecule has 0 aliphatic heterocycles. The summed E-state index contributed by atoms with van der Waals surface area (Å²) in [6.07, 6.45) is 3.83. The fourth-order valence-corrected chi connectivity index (χ4v) is 6.41. The normalized spacial score (nSPS) is 11.8. The number of aromatic nitrogens is 3. The zero-order chi connectivity index (χ0) is 31.9. The van der Waals surface area contributed by atoms with Crippen LogP contribution in [-0.2, 0) is 0 Å². The van der Waals surface area contributed by atoms with Gasteiger partial charge in [-0.25, -0.2) is 9.97 Å². The second kappa shape index (κ2) is 12.0. The quantitative estimate of drug-likeness (QED) is 0.162. The largest absolute Gasteiger partial charge is 0.457 e. The van der Waals surface area contributed by atoms with Gasteiger partial charge in [-0.1, -0.05) is 84.0 Å². The van der Waals surface area contributed by atoms with E-state index in [1.165, 1.54) is 27.6 Å². The maximum atomic E-state index is 6.44. The van der Waals surface area contributed by atoms with Crippen LogP contribution in [0.4, 0.5) is 0 Å². The van der Waals surface area contributed by atoms with E-state index in [0.29, 0.717) is 35.1 Å². The number of rotatable bonds is 8. The molecule has 0 radical (unpaired) electrons. The van der Waals surface area contributed by atoms with Crippen LogP contribution in [0.25, 0.3) is 38.6 Å². The summed E-state index contributed by atoms with van der Waals surface area (Å²) in [5.41, 5.74) is 8.30. The minimum atomic E-state index is 0.376. The summed E-state index contributed by atoms with van der Waals surface area (Å²) >= 11 is 0. The lowest BCUT2D eigenvalue weighted by Crippen LogP contribution is -2.02. The van der Waals surface area contributed by atoms with Crippen molar-refractivity contribution >= 4 is 27.3 Å². The zero-order valence-electron chi connectivity index (χ0n) is 27.3. The van der Waals surface area contributed by atoms with Crippen molar-refractivity contribution in [3.05, 3.63) is 126 Å². The fourth-order valence-electron chi connectivity index (χ4n) is 6.41. The maximum absolute atomic E-state index is 6.44. The smallest absolute Gasteiger partial charge is 0.219 e. The van der Waals surface area contributed by atoms with Crippen molar-refractivity contribution in [1.82, 2.24) is 14.4 Å². The maximum Gasteiger partial charge on any atom is 0.219 e. The highest BCUT2D eigenvalue weighted by Crippen LogP contribution is 2.40. The van der Waals surface area contributed by atoms with Gasteiger partial charge >= 0.3 is 0 Å². The molecule has 0 spiro atoms. The Bertz CT molecular complexity index is 2180. The molecule has 0 unspecified atom stereocenters. The van der Waals surface area contributed by atoms with Crippen LogP contribution in [0.3, 0.4) is 0 Å². The van der Waals surface area contributed by atoms with E-state index in [2.05, 4.69) is 106 Å². The van der Waals surface area contributed by atoms with Crippen LogP contribution in [0.15, 0.2) is 109 Å². The lowest BCUT2D eigenvalue weighted by Gasteiger charge is -2.20. The van der Waals surface area contributed by atoms with E-state index in [4.69, 9.17) is 14.5 Å². The third kappa shape index (κ3) is 5.36. The first-order chi connectivity index (χ1) is 22.3. The molecule has 7 aromatic rings. The first kappa shape index (κ1) is 29.5. The zero-order valence-corrected chi connectivity index (χ0v) is 27.3. The summed E-state index contributed by atoms with van der Waals surface area (Å²) in [5.74, 6) is 3.80. The van der Waals surface area contributed by atoms with E-state index < -0.39 is 0 Å². The lowest BCUT2D eigenvalue weighted by atomic mass is 9.87. The van der Waals surface area contributed by atoms with Crippen LogP contribution in [0, 0.1) is 0 Å². The van der Waals surface area contributed by atoms with E-state index in [-0.39, 0.29) is 0 Å². The van der Waals surface area contributed by atoms with Crippen LogP contribution in [0.1, 0.15) is 76.0 Å². The number of imidazole rings is 1. The molecular weight excluding hydrogens is 566 g/mol. The fraction of sp³-hybridized carbons (Fsp3) is 0.220. The Hall–Kier alpha value is -5.16. The van der Waals surface area contributed by atoms with Crippen molar-refractivity contribution in [1.29, 1.82) is 0 Å². The number of nitrogens with zero attached hydrogens (tertiary/aromatic N) is 3. The van der Waals surface area contributed by atoms with Gasteiger partial charge in [0.1, 0.15) is 22.9 Å². The molecule has 7 rings (SSSR count). The molecule has 3 heterocycles. The molecular formula is C41H39N3O2. The van der Waals surface area contributed by atoms with Gasteiger partial charge in [0.25, 0.3) is 0 Å². The molecule has 4 aromatic carbocycles. The number of pyridine rings is 2. The molecule has 0 amide bonds. The Morgan fingerprint density at radius 1 is 0.565 bits per heavy atom. The van der Waals surface area contributed by atoms with Gasteiger partial charge < -0.3 is 9.47 Å². The topological polar surface area (TPSA) is 48.7 Å². The number of hydrogen-bond donors (Lipinski definition) is 0. The molecule has 0 N–H and O–H groups in total. The first-order valence-electron chi connectivity index (χ1n) is 16.1. The van der Waals surface area contributed by atoms with Crippen molar-refractivity contribution in [3.63, 3.8) is 0 Å². The van der Waals surface area contributed by atoms with Crippen LogP contribution in [-0.4, -0.2) is 14.4 Å². The second-order valence-corrected chi connectivity index (χ2v) is 12.9. The number of ether oxygens (including phenoxy) is 2. The van der Waals surface area contributed by atoms with Crippen molar-refractivity contribution in [2.24, 2.45) is 0 Å². The Balaban J connectivity index is 1.33. The first-order valence-corrected chi connectivity index (χ1v) is 16.1. The molecule has 5 heteroatoms. The molecule has 0 aliphatic carbocycles. The molecule has 5 nitrogen and oxygen atoms in total. The van der Waals surface area contributed by atoms with E-state index in [1.54, 1.807) is 6.20 Å². The van der Waals surface area contributed by atoms with Gasteiger partial charge in [0.15, 0.2) is 0 Å². The summed E-state index contributed by atoms with van der Waals surface area (Å²) in [5, 5.41) is 3.36. The Kier molecular flexibility index (Phi) is 7.69. The predicted molar refractivity (Wildman–Crippen MR) is 189 cm³/mol. The Labute approximate surface area is 270 Å². The molecule has 230 valence electrons. The van der Waals surface area contributed by atoms with Crippen LogP contribution < -0.4 is 9.47 Å². The average Bonchev–Trinajstić information content (AvgIpc) is 3.50. The average molecular weight is 606 g/mol. The van der Waals surface area contributed by atoms with E-state index in [1.807, 2.05) is 48.7 Å². The van der Waals surface area contributed by atoms with E-state index in [9.17, 15) is 0 Å². The standard InChI is InChI=1S/C41H39N3O2/c1-25(2)28-19-20-42-39(21-28)46-30-12-9-11-29(22-30)45-31-17-18-34-35-13-7-8-16-37(35)44-38(24-43-41(44)36(34)23-31)40-32(26(3)4)14-10-15-33(40)27(5)6/h7-27H,1-6H3. The molecule has 0 aliphatic rings. The lowest BCUT2D eigenvalue weighted by molar-refractivity contribution is 0.448. The summed E-state index contributed by atoms with van der Waals surface area (Å²) in [4.78, 5) is 9.48. The molecule has 0 saturated carbocycles. The highest BCUT2D eigenvalue weighted by atomic mass is 16.5. The van der Waals surface area contributed by atoms with Gasteiger partial charge in [0.05, 0.1) is 17.4 Å². The number of benzene rings is 4. The van der Waals surface area contributed by atoms with Gasteiger partial charge in [0.2, 0.25) is 5.88 Å². The molecule has 3 aromatic heterocycles. The second-order valence-electron chi connectivity index (χ2n) is 12.9. The van der Waals surface area contributed by atoms with Gasteiger partial charge in [0, 0.05) is 34.7 Å². The minimum absolute atomic E-state index is 0.376. The molecule has 0 fully saturated rings. The SMILES string of the molecule is CC(C)c1ccnc(Oc2cccc(Oc3ccc4c5ccccc5n5c(-c6c(C(C)C)cccc6C(C)C)cnc5c4c3)c2)c1. The monoisotopic (exact) mass is 605 g/mol. The van der Waals surface area contributed by atoms with Crippen LogP contribution in [0.2, 0.25) is 0 Å². The molecule has 0 bridgehead atoms. The van der Waals surface area contributed by atoms with Gasteiger partial charge in [-0.05, 0) is 82.3 Å². The van der Waals surface area contributed by atoms with Crippen LogP contribution in [0.5, 0.6) is 23.1 Å². The molecule has 46 heavy (non-hydrogen) atoms. The summed E-state index contributed by atoms with van der Waals surface area (Å²) in [6.45, 7) is 13.4. The molecule has 0 atom stereocenters. The number of hydrogen-bond acceptors (Lipinski definition) is 4. The third-order valence-electron chi connectivity index (χ3n) is 8.75. The van der Waals surface area contributed by atoms with Crippen molar-refractivity contribution < 1.29 is 9.47 Å². The van der Waals surface area contributed by atoms with Crippen molar-refractivity contribution in [3.8, 4) is 34.4 Å². The summed E-state index contributed by atoms with van der Waals surface area (Å²) < 4.78 is 14.9. The minimum Gasteiger partial charge on any atom is -0.457 e. The number of para-hydroxylation sites is 1. The molecule has 0 saturated heterocycles. The van der Waals surface area contributed by atoms with Crippen molar-refractivity contribution in [2.75, 3.05) is 0 Å².